The van der Waals surface area contributed by atoms with Crippen molar-refractivity contribution in [2.24, 2.45) is 56.4 Å². The second-order valence-electron chi connectivity index (χ2n) is 15.1. The Morgan fingerprint density at radius 1 is 0.550 bits per heavy atom. The number of guanidine groups is 2. The summed E-state index contributed by atoms with van der Waals surface area (Å²) in [5, 5.41) is 28.5. The number of amides is 8. The maximum atomic E-state index is 13.9. The first kappa shape index (κ1) is 54.3. The number of aliphatic hydroxyl groups is 1. The number of nitrogens with zero attached hydrogens (tertiary/aromatic N) is 2. The smallest absolute Gasteiger partial charge is 0.245 e. The fourth-order valence-electron chi connectivity index (χ4n) is 5.60. The first-order valence-corrected chi connectivity index (χ1v) is 20.1. The number of carbonyl (C=O) groups excluding carboxylic acids is 8. The highest BCUT2D eigenvalue weighted by molar-refractivity contribution is 5.97. The van der Waals surface area contributed by atoms with Crippen molar-refractivity contribution in [2.75, 3.05) is 19.6 Å². The Morgan fingerprint density at radius 3 is 1.37 bits per heavy atom. The summed E-state index contributed by atoms with van der Waals surface area (Å²) in [7, 11) is 0. The van der Waals surface area contributed by atoms with Crippen molar-refractivity contribution in [1.29, 1.82) is 0 Å². The normalized spacial score (nSPS) is 15.4. The van der Waals surface area contributed by atoms with Crippen LogP contribution in [0.15, 0.2) is 9.98 Å². The number of rotatable bonds is 28. The molecule has 0 heterocycles. The average molecular weight is 855 g/mol. The van der Waals surface area contributed by atoms with Crippen LogP contribution in [0.1, 0.15) is 93.9 Å². The zero-order valence-electron chi connectivity index (χ0n) is 36.1. The lowest BCUT2D eigenvalue weighted by Gasteiger charge is -2.31. The van der Waals surface area contributed by atoms with Crippen molar-refractivity contribution in [2.45, 2.75) is 136 Å². The summed E-state index contributed by atoms with van der Waals surface area (Å²) >= 11 is 0. The third kappa shape index (κ3) is 20.8. The van der Waals surface area contributed by atoms with Crippen LogP contribution in [0.5, 0.6) is 0 Å². The highest BCUT2D eigenvalue weighted by Gasteiger charge is 2.37. The fraction of sp³-hybridized carbons (Fsp3) is 0.730. The fourth-order valence-corrected chi connectivity index (χ4v) is 5.60. The Kier molecular flexibility index (Phi) is 25.2. The molecule has 0 aliphatic rings. The molecule has 0 fully saturated rings. The zero-order valence-corrected chi connectivity index (χ0v) is 36.1. The lowest BCUT2D eigenvalue weighted by molar-refractivity contribution is -0.138. The van der Waals surface area contributed by atoms with Crippen molar-refractivity contribution < 1.29 is 43.5 Å². The lowest BCUT2D eigenvalue weighted by Crippen LogP contribution is -2.63. The van der Waals surface area contributed by atoms with Crippen molar-refractivity contribution >= 4 is 59.2 Å². The average Bonchev–Trinajstić information content (AvgIpc) is 3.16. The Balaban J connectivity index is 6.41. The second-order valence-corrected chi connectivity index (χ2v) is 15.1. The van der Waals surface area contributed by atoms with Crippen LogP contribution in [0.4, 0.5) is 0 Å². The van der Waals surface area contributed by atoms with E-state index < -0.39 is 107 Å². The standard InChI is InChI=1S/C37H70N14O9/c1-9-19(5)27(33(58)46-23(30(38)55)13-11-15-43-36(39)40)49-31(56)24(14-12-16-44-37(41)42)47-35(60)29(21(7)52)51-34(59)28(20(6)10-2)50-32(57)26(18(3)4)48-25(54)17-45-22(8)53/h18-21,23-24,26-29,52H,9-17H2,1-8H3,(H2,38,55)(H,45,53)(H,46,58)(H,47,60)(H,48,54)(H,49,56)(H,50,57)(H,51,59)(H4,39,40,43)(H4,41,42,44)/t19-,20-,21+,23-,24-,26-,27-,28+,29-/m0/s1. The Hall–Kier alpha value is -5.74. The molecule has 0 bridgehead atoms. The predicted molar refractivity (Wildman–Crippen MR) is 225 cm³/mol. The van der Waals surface area contributed by atoms with Gasteiger partial charge in [0.25, 0.3) is 0 Å². The molecule has 0 spiro atoms. The van der Waals surface area contributed by atoms with E-state index in [-0.39, 0.29) is 50.8 Å². The molecule has 18 N–H and O–H groups in total. The van der Waals surface area contributed by atoms with Crippen molar-refractivity contribution in [1.82, 2.24) is 37.2 Å². The molecule has 0 aliphatic carbocycles. The van der Waals surface area contributed by atoms with E-state index >= 15 is 0 Å². The summed E-state index contributed by atoms with van der Waals surface area (Å²) in [6, 6.07) is -7.65. The highest BCUT2D eigenvalue weighted by Crippen LogP contribution is 2.13. The van der Waals surface area contributed by atoms with Crippen LogP contribution in [0.25, 0.3) is 0 Å². The lowest BCUT2D eigenvalue weighted by atomic mass is 9.95. The second kappa shape index (κ2) is 27.9. The minimum atomic E-state index is -1.64. The molecule has 0 aliphatic heterocycles. The molecule has 0 unspecified atom stereocenters. The van der Waals surface area contributed by atoms with Gasteiger partial charge in [0.15, 0.2) is 11.9 Å². The van der Waals surface area contributed by atoms with Gasteiger partial charge in [0.1, 0.15) is 36.3 Å². The van der Waals surface area contributed by atoms with Gasteiger partial charge in [0, 0.05) is 20.0 Å². The summed E-state index contributed by atoms with van der Waals surface area (Å²) in [4.78, 5) is 112. The van der Waals surface area contributed by atoms with E-state index in [1.807, 2.05) is 0 Å². The van der Waals surface area contributed by atoms with Gasteiger partial charge in [0.05, 0.1) is 12.6 Å². The van der Waals surface area contributed by atoms with Gasteiger partial charge >= 0.3 is 0 Å². The van der Waals surface area contributed by atoms with Gasteiger partial charge in [0.2, 0.25) is 47.3 Å². The summed E-state index contributed by atoms with van der Waals surface area (Å²) in [6.07, 6.45) is -0.190. The molecule has 23 nitrogen and oxygen atoms in total. The zero-order chi connectivity index (χ0) is 46.3. The molecule has 342 valence electrons. The topological polar surface area (TPSA) is 396 Å². The molecular formula is C37H70N14O9. The summed E-state index contributed by atoms with van der Waals surface area (Å²) in [5.41, 5.74) is 27.1. The minimum Gasteiger partial charge on any atom is -0.391 e. The minimum absolute atomic E-state index is 0.0613. The van der Waals surface area contributed by atoms with Gasteiger partial charge in [-0.25, -0.2) is 0 Å². The van der Waals surface area contributed by atoms with Crippen LogP contribution in [0.2, 0.25) is 0 Å². The number of aliphatic hydroxyl groups excluding tert-OH is 1. The van der Waals surface area contributed by atoms with Crippen molar-refractivity contribution in [3.8, 4) is 0 Å². The van der Waals surface area contributed by atoms with Crippen molar-refractivity contribution in [3.05, 3.63) is 0 Å². The maximum absolute atomic E-state index is 13.9. The third-order valence-electron chi connectivity index (χ3n) is 9.60. The number of hydrogen-bond acceptors (Lipinski definition) is 11. The van der Waals surface area contributed by atoms with Gasteiger partial charge in [-0.1, -0.05) is 54.4 Å². The molecule has 0 saturated carbocycles. The number of hydrogen-bond donors (Lipinski definition) is 13. The SMILES string of the molecule is CC[C@H](C)[C@H](NC(=O)[C@H](CCCN=C(N)N)NC(=O)[C@@H](NC(=O)[C@H](NC(=O)[C@@H](NC(=O)CNC(C)=O)C(C)C)[C@@H](C)CC)[C@@H](C)O)C(=O)N[C@@H](CCCN=C(N)N)C(N)=O. The van der Waals surface area contributed by atoms with Gasteiger partial charge in [-0.2, -0.15) is 0 Å². The van der Waals surface area contributed by atoms with E-state index in [2.05, 4.69) is 47.2 Å². The Bertz CT molecular complexity index is 1520. The number of aliphatic imine (C=N–C) groups is 2. The van der Waals surface area contributed by atoms with Gasteiger partial charge < -0.3 is 71.0 Å². The summed E-state index contributed by atoms with van der Waals surface area (Å²) in [5.74, 6) is -7.69. The van der Waals surface area contributed by atoms with E-state index in [4.69, 9.17) is 28.7 Å². The maximum Gasteiger partial charge on any atom is 0.245 e. The molecule has 0 rings (SSSR count). The van der Waals surface area contributed by atoms with Crippen LogP contribution < -0.4 is 65.9 Å². The molecule has 60 heavy (non-hydrogen) atoms. The van der Waals surface area contributed by atoms with Crippen LogP contribution in [0, 0.1) is 17.8 Å². The van der Waals surface area contributed by atoms with E-state index in [1.54, 1.807) is 41.5 Å². The molecule has 0 aromatic carbocycles. The summed E-state index contributed by atoms with van der Waals surface area (Å²) < 4.78 is 0. The van der Waals surface area contributed by atoms with E-state index in [0.717, 1.165) is 0 Å². The number of nitrogens with one attached hydrogen (secondary N) is 7. The quantitative estimate of drug-likeness (QED) is 0.0202. The first-order valence-electron chi connectivity index (χ1n) is 20.1. The molecule has 0 aromatic heterocycles. The first-order chi connectivity index (χ1) is 28.0. The van der Waals surface area contributed by atoms with Crippen LogP contribution in [-0.2, 0) is 38.4 Å². The summed E-state index contributed by atoms with van der Waals surface area (Å²) in [6.45, 7) is 12.6. The van der Waals surface area contributed by atoms with E-state index in [1.165, 1.54) is 13.8 Å². The Morgan fingerprint density at radius 2 is 0.950 bits per heavy atom. The molecule has 0 radical (unpaired) electrons. The number of primary amides is 1. The van der Waals surface area contributed by atoms with Crippen LogP contribution >= 0.6 is 0 Å². The van der Waals surface area contributed by atoms with Gasteiger partial charge in [-0.05, 0) is 50.4 Å². The predicted octanol–water partition coefficient (Wildman–Crippen LogP) is -4.25. The van der Waals surface area contributed by atoms with Gasteiger partial charge in [-0.15, -0.1) is 0 Å². The molecule has 8 amide bonds. The molecule has 23 heteroatoms. The molecule has 9 atom stereocenters. The highest BCUT2D eigenvalue weighted by atomic mass is 16.3. The number of nitrogens with two attached hydrogens (primary N) is 5. The molecule has 0 aromatic rings. The Labute approximate surface area is 351 Å². The third-order valence-corrected chi connectivity index (χ3v) is 9.60. The molecule has 0 saturated heterocycles. The van der Waals surface area contributed by atoms with Crippen LogP contribution in [-0.4, -0.2) is 126 Å². The number of carbonyl (C=O) groups is 8. The van der Waals surface area contributed by atoms with Crippen molar-refractivity contribution in [3.63, 3.8) is 0 Å². The monoisotopic (exact) mass is 855 g/mol. The molecular weight excluding hydrogens is 784 g/mol. The van der Waals surface area contributed by atoms with Gasteiger partial charge in [-0.3, -0.25) is 48.3 Å². The van der Waals surface area contributed by atoms with E-state index in [0.29, 0.717) is 19.3 Å². The largest absolute Gasteiger partial charge is 0.391 e. The van der Waals surface area contributed by atoms with E-state index in [9.17, 15) is 43.5 Å². The van der Waals surface area contributed by atoms with Crippen LogP contribution in [0.3, 0.4) is 0 Å².